The van der Waals surface area contributed by atoms with Crippen molar-refractivity contribution in [1.82, 2.24) is 39.7 Å². The molecule has 166 valence electrons. The van der Waals surface area contributed by atoms with Crippen LogP contribution in [0.25, 0.3) is 22.3 Å². The van der Waals surface area contributed by atoms with Gasteiger partial charge < -0.3 is 5.32 Å². The average Bonchev–Trinajstić information content (AvgIpc) is 3.39. The van der Waals surface area contributed by atoms with Crippen LogP contribution in [0.2, 0.25) is 0 Å². The Morgan fingerprint density at radius 3 is 2.67 bits per heavy atom. The van der Waals surface area contributed by atoms with Gasteiger partial charge in [0.2, 0.25) is 5.95 Å². The van der Waals surface area contributed by atoms with Gasteiger partial charge in [0, 0.05) is 24.9 Å². The number of benzene rings is 1. The highest BCUT2D eigenvalue weighted by Crippen LogP contribution is 2.28. The number of halogens is 3. The summed E-state index contributed by atoms with van der Waals surface area (Å²) in [6, 6.07) is 12.8. The fourth-order valence-corrected chi connectivity index (χ4v) is 3.32. The molecule has 4 aromatic heterocycles. The zero-order valence-electron chi connectivity index (χ0n) is 17.2. The molecule has 0 aliphatic rings. The summed E-state index contributed by atoms with van der Waals surface area (Å²) in [5, 5.41) is 15.4. The predicted octanol–water partition coefficient (Wildman–Crippen LogP) is 3.83. The maximum Gasteiger partial charge on any atom is 0.433 e. The van der Waals surface area contributed by atoms with Crippen molar-refractivity contribution < 1.29 is 13.2 Å². The Balaban J connectivity index is 1.41. The molecule has 9 nitrogen and oxygen atoms in total. The molecular weight excluding hydrogens is 435 g/mol. The highest BCUT2D eigenvalue weighted by molar-refractivity contribution is 5.80. The second kappa shape index (κ2) is 7.97. The molecule has 0 bridgehead atoms. The number of aryl methyl sites for hydroxylation is 1. The lowest BCUT2D eigenvalue weighted by Gasteiger charge is -2.08. The third-order valence-electron chi connectivity index (χ3n) is 4.94. The Bertz CT molecular complexity index is 1440. The van der Waals surface area contributed by atoms with Gasteiger partial charge in [0.15, 0.2) is 0 Å². The molecule has 0 atom stereocenters. The third kappa shape index (κ3) is 4.22. The number of rotatable bonds is 5. The van der Waals surface area contributed by atoms with Gasteiger partial charge in [0.05, 0.1) is 29.6 Å². The first-order chi connectivity index (χ1) is 15.9. The van der Waals surface area contributed by atoms with Gasteiger partial charge in [-0.05, 0) is 30.3 Å². The minimum atomic E-state index is -4.50. The van der Waals surface area contributed by atoms with Crippen molar-refractivity contribution in [2.24, 2.45) is 7.05 Å². The van der Waals surface area contributed by atoms with Crippen molar-refractivity contribution in [3.8, 4) is 11.3 Å². The van der Waals surface area contributed by atoms with Gasteiger partial charge in [-0.2, -0.15) is 18.3 Å². The van der Waals surface area contributed by atoms with Crippen LogP contribution in [0.3, 0.4) is 0 Å². The number of nitrogens with zero attached hydrogens (tertiary/aromatic N) is 8. The van der Waals surface area contributed by atoms with E-state index in [-0.39, 0.29) is 12.2 Å². The molecule has 1 aromatic carbocycles. The number of hydrogen-bond donors (Lipinski definition) is 1. The molecule has 0 radical (unpaired) electrons. The first kappa shape index (κ1) is 20.5. The molecule has 0 saturated carbocycles. The molecule has 0 fully saturated rings. The van der Waals surface area contributed by atoms with Crippen LogP contribution < -0.4 is 5.32 Å². The van der Waals surface area contributed by atoms with Crippen molar-refractivity contribution in [2.75, 3.05) is 5.32 Å². The third-order valence-corrected chi connectivity index (χ3v) is 4.94. The van der Waals surface area contributed by atoms with Crippen LogP contribution in [0.5, 0.6) is 0 Å². The van der Waals surface area contributed by atoms with E-state index in [9.17, 15) is 13.2 Å². The number of aromatic nitrogens is 8. The Labute approximate surface area is 184 Å². The van der Waals surface area contributed by atoms with E-state index in [0.717, 1.165) is 17.4 Å². The number of hydrogen-bond acceptors (Lipinski definition) is 7. The van der Waals surface area contributed by atoms with Crippen molar-refractivity contribution in [2.45, 2.75) is 12.7 Å². The fourth-order valence-electron chi connectivity index (χ4n) is 3.32. The monoisotopic (exact) mass is 451 g/mol. The second-order valence-corrected chi connectivity index (χ2v) is 7.19. The number of fused-ring (bicyclic) bond motifs is 1. The molecule has 0 saturated heterocycles. The van der Waals surface area contributed by atoms with Crippen LogP contribution in [0.4, 0.5) is 24.9 Å². The Morgan fingerprint density at radius 2 is 1.88 bits per heavy atom. The van der Waals surface area contributed by atoms with Gasteiger partial charge >= 0.3 is 6.18 Å². The summed E-state index contributed by atoms with van der Waals surface area (Å²) in [7, 11) is 1.80. The zero-order valence-corrected chi connectivity index (χ0v) is 17.2. The molecule has 5 rings (SSSR count). The standard InChI is InChI=1S/C21H16F3N9/c1-32-19(8-10-26-32)29-20-25-9-7-15(28-20)13-5-6-17-16(11-13)30-31-33(17)12-14-3-2-4-18(27-14)21(22,23)24/h2-11H,12H2,1H3,(H,25,28,29). The Morgan fingerprint density at radius 1 is 1.00 bits per heavy atom. The molecule has 0 unspecified atom stereocenters. The van der Waals surface area contributed by atoms with E-state index in [0.29, 0.717) is 22.7 Å². The number of pyridine rings is 1. The van der Waals surface area contributed by atoms with Gasteiger partial charge in [-0.3, -0.25) is 4.68 Å². The van der Waals surface area contributed by atoms with Gasteiger partial charge in [-0.25, -0.2) is 19.6 Å². The van der Waals surface area contributed by atoms with Crippen molar-refractivity contribution in [3.05, 3.63) is 72.3 Å². The molecule has 33 heavy (non-hydrogen) atoms. The molecule has 0 amide bonds. The minimum absolute atomic E-state index is 0.0615. The van der Waals surface area contributed by atoms with Crippen molar-refractivity contribution in [3.63, 3.8) is 0 Å². The van der Waals surface area contributed by atoms with Crippen molar-refractivity contribution >= 4 is 22.8 Å². The summed E-state index contributed by atoms with van der Waals surface area (Å²) in [6.45, 7) is 0.0615. The van der Waals surface area contributed by atoms with E-state index < -0.39 is 11.9 Å². The lowest BCUT2D eigenvalue weighted by atomic mass is 10.1. The molecule has 0 aliphatic heterocycles. The van der Waals surface area contributed by atoms with E-state index >= 15 is 0 Å². The fraction of sp³-hybridized carbons (Fsp3) is 0.143. The molecular formula is C21H16F3N9. The van der Waals surface area contributed by atoms with E-state index in [1.807, 2.05) is 12.1 Å². The van der Waals surface area contributed by atoms with Gasteiger partial charge in [0.25, 0.3) is 0 Å². The molecule has 5 aromatic rings. The summed E-state index contributed by atoms with van der Waals surface area (Å²) in [6.07, 6.45) is -1.20. The zero-order chi connectivity index (χ0) is 23.0. The van der Waals surface area contributed by atoms with Gasteiger partial charge in [-0.15, -0.1) is 5.10 Å². The van der Waals surface area contributed by atoms with Crippen LogP contribution in [0.1, 0.15) is 11.4 Å². The lowest BCUT2D eigenvalue weighted by Crippen LogP contribution is -2.11. The summed E-state index contributed by atoms with van der Waals surface area (Å²) in [4.78, 5) is 12.5. The van der Waals surface area contributed by atoms with E-state index in [4.69, 9.17) is 0 Å². The number of alkyl halides is 3. The molecule has 4 heterocycles. The topological polar surface area (TPSA) is 99.2 Å². The SMILES string of the molecule is Cn1nccc1Nc1nccc(-c2ccc3c(c2)nnn3Cc2cccc(C(F)(F)F)n2)n1. The van der Waals surface area contributed by atoms with Crippen LogP contribution in [-0.4, -0.2) is 39.7 Å². The molecule has 0 aliphatic carbocycles. The summed E-state index contributed by atoms with van der Waals surface area (Å²) >= 11 is 0. The smallest absolute Gasteiger partial charge is 0.309 e. The molecule has 0 spiro atoms. The maximum atomic E-state index is 12.9. The first-order valence-electron chi connectivity index (χ1n) is 9.82. The van der Waals surface area contributed by atoms with Crippen LogP contribution >= 0.6 is 0 Å². The summed E-state index contributed by atoms with van der Waals surface area (Å²) in [5.41, 5.74) is 2.01. The normalized spacial score (nSPS) is 11.8. The largest absolute Gasteiger partial charge is 0.433 e. The molecule has 1 N–H and O–H groups in total. The van der Waals surface area contributed by atoms with E-state index in [1.165, 1.54) is 16.8 Å². The summed E-state index contributed by atoms with van der Waals surface area (Å²) < 4.78 is 42.0. The highest BCUT2D eigenvalue weighted by atomic mass is 19.4. The van der Waals surface area contributed by atoms with E-state index in [2.05, 4.69) is 35.7 Å². The van der Waals surface area contributed by atoms with Crippen LogP contribution in [-0.2, 0) is 19.8 Å². The average molecular weight is 451 g/mol. The number of nitrogens with one attached hydrogen (secondary N) is 1. The first-order valence-corrected chi connectivity index (χ1v) is 9.82. The predicted molar refractivity (Wildman–Crippen MR) is 113 cm³/mol. The van der Waals surface area contributed by atoms with Crippen molar-refractivity contribution in [1.29, 1.82) is 0 Å². The van der Waals surface area contributed by atoms with E-state index in [1.54, 1.807) is 42.3 Å². The highest BCUT2D eigenvalue weighted by Gasteiger charge is 2.32. The minimum Gasteiger partial charge on any atom is -0.309 e. The Kier molecular flexibility index (Phi) is 4.96. The van der Waals surface area contributed by atoms with Crippen LogP contribution in [0.15, 0.2) is 60.9 Å². The number of anilines is 2. The second-order valence-electron chi connectivity index (χ2n) is 7.19. The quantitative estimate of drug-likeness (QED) is 0.434. The molecule has 12 heteroatoms. The van der Waals surface area contributed by atoms with Crippen LogP contribution in [0, 0.1) is 0 Å². The summed E-state index contributed by atoms with van der Waals surface area (Å²) in [5.74, 6) is 1.16. The Hall–Kier alpha value is -4.35. The van der Waals surface area contributed by atoms with Gasteiger partial charge in [0.1, 0.15) is 17.0 Å². The lowest BCUT2D eigenvalue weighted by molar-refractivity contribution is -0.141. The maximum absolute atomic E-state index is 12.9. The van der Waals surface area contributed by atoms with Gasteiger partial charge in [-0.1, -0.05) is 17.3 Å².